The van der Waals surface area contributed by atoms with Crippen LogP contribution in [-0.4, -0.2) is 49.5 Å². The number of ether oxygens (including phenoxy) is 2. The molecule has 1 saturated heterocycles. The van der Waals surface area contributed by atoms with Gasteiger partial charge in [-0.1, -0.05) is 0 Å². The van der Waals surface area contributed by atoms with Crippen LogP contribution in [0.25, 0.3) is 0 Å². The number of hydrogen-bond acceptors (Lipinski definition) is 5. The fourth-order valence-electron chi connectivity index (χ4n) is 2.89. The van der Waals surface area contributed by atoms with E-state index in [1.165, 1.54) is 14.0 Å². The van der Waals surface area contributed by atoms with E-state index in [0.717, 1.165) is 0 Å². The molecule has 2 rings (SSSR count). The van der Waals surface area contributed by atoms with E-state index in [4.69, 9.17) is 9.47 Å². The van der Waals surface area contributed by atoms with Crippen molar-refractivity contribution in [2.24, 2.45) is 5.92 Å². The minimum Gasteiger partial charge on any atom is -0.495 e. The van der Waals surface area contributed by atoms with Crippen LogP contribution in [0.5, 0.6) is 5.75 Å². The largest absolute Gasteiger partial charge is 0.495 e. The number of nitrogens with zero attached hydrogens (tertiary/aromatic N) is 1. The maximum atomic E-state index is 12.7. The van der Waals surface area contributed by atoms with Crippen molar-refractivity contribution in [1.29, 1.82) is 0 Å². The Hall–Kier alpha value is -2.57. The second kappa shape index (κ2) is 8.50. The number of likely N-dealkylation sites (tertiary alicyclic amines) is 1. The second-order valence-electron chi connectivity index (χ2n) is 5.91. The number of nitrogens with one attached hydrogen (secondary N) is 1. The lowest BCUT2D eigenvalue weighted by Gasteiger charge is -2.31. The number of carbonyl (C=O) groups excluding carboxylic acids is 3. The van der Waals surface area contributed by atoms with E-state index in [-0.39, 0.29) is 23.7 Å². The molecular formula is C18H24N2O5. The molecule has 1 aliphatic heterocycles. The highest BCUT2D eigenvalue weighted by Gasteiger charge is 2.28. The van der Waals surface area contributed by atoms with Crippen LogP contribution < -0.4 is 10.1 Å². The number of amides is 2. The molecule has 0 aliphatic carbocycles. The van der Waals surface area contributed by atoms with E-state index < -0.39 is 0 Å². The van der Waals surface area contributed by atoms with Gasteiger partial charge in [0.2, 0.25) is 5.91 Å². The van der Waals surface area contributed by atoms with Crippen molar-refractivity contribution in [3.8, 4) is 5.75 Å². The molecule has 0 atom stereocenters. The summed E-state index contributed by atoms with van der Waals surface area (Å²) in [6.07, 6.45) is 1.19. The molecule has 1 heterocycles. The van der Waals surface area contributed by atoms with Gasteiger partial charge in [-0.25, -0.2) is 0 Å². The quantitative estimate of drug-likeness (QED) is 0.824. The van der Waals surface area contributed by atoms with Gasteiger partial charge in [-0.05, 0) is 38.0 Å². The molecule has 0 radical (unpaired) electrons. The van der Waals surface area contributed by atoms with E-state index in [1.807, 2.05) is 0 Å². The van der Waals surface area contributed by atoms with Crippen molar-refractivity contribution < 1.29 is 23.9 Å². The molecule has 1 fully saturated rings. The lowest BCUT2D eigenvalue weighted by Crippen LogP contribution is -2.40. The van der Waals surface area contributed by atoms with Crippen LogP contribution in [0.1, 0.15) is 37.0 Å². The Morgan fingerprint density at radius 2 is 1.92 bits per heavy atom. The highest BCUT2D eigenvalue weighted by Crippen LogP contribution is 2.27. The maximum Gasteiger partial charge on any atom is 0.309 e. The second-order valence-corrected chi connectivity index (χ2v) is 5.91. The summed E-state index contributed by atoms with van der Waals surface area (Å²) in [5.74, 6) is -0.204. The number of methoxy groups -OCH3 is 1. The normalized spacial score (nSPS) is 14.8. The van der Waals surface area contributed by atoms with Gasteiger partial charge < -0.3 is 19.7 Å². The predicted molar refractivity (Wildman–Crippen MR) is 92.6 cm³/mol. The zero-order valence-corrected chi connectivity index (χ0v) is 14.8. The lowest BCUT2D eigenvalue weighted by molar-refractivity contribution is -0.149. The molecule has 25 heavy (non-hydrogen) atoms. The Labute approximate surface area is 147 Å². The summed E-state index contributed by atoms with van der Waals surface area (Å²) in [6.45, 7) is 4.56. The van der Waals surface area contributed by atoms with Gasteiger partial charge in [-0.2, -0.15) is 0 Å². The molecule has 2 amide bonds. The van der Waals surface area contributed by atoms with Crippen LogP contribution in [0, 0.1) is 5.92 Å². The lowest BCUT2D eigenvalue weighted by atomic mass is 9.96. The Bertz CT molecular complexity index is 651. The third kappa shape index (κ3) is 4.71. The van der Waals surface area contributed by atoms with Crippen LogP contribution in [0.4, 0.5) is 5.69 Å². The molecule has 1 aromatic carbocycles. The minimum absolute atomic E-state index is 0.128. The van der Waals surface area contributed by atoms with Crippen molar-refractivity contribution in [1.82, 2.24) is 4.90 Å². The fourth-order valence-corrected chi connectivity index (χ4v) is 2.89. The number of rotatable bonds is 5. The molecule has 7 heteroatoms. The number of carbonyl (C=O) groups is 3. The van der Waals surface area contributed by atoms with Crippen LogP contribution in [0.15, 0.2) is 18.2 Å². The zero-order chi connectivity index (χ0) is 18.4. The average molecular weight is 348 g/mol. The first kappa shape index (κ1) is 18.8. The van der Waals surface area contributed by atoms with E-state index >= 15 is 0 Å². The molecule has 0 saturated carbocycles. The minimum atomic E-state index is -0.238. The first-order chi connectivity index (χ1) is 12.0. The maximum absolute atomic E-state index is 12.7. The number of esters is 1. The first-order valence-corrected chi connectivity index (χ1v) is 8.37. The first-order valence-electron chi connectivity index (χ1n) is 8.37. The van der Waals surface area contributed by atoms with Crippen molar-refractivity contribution in [2.75, 3.05) is 32.1 Å². The van der Waals surface area contributed by atoms with Gasteiger partial charge in [0, 0.05) is 25.6 Å². The Kier molecular flexibility index (Phi) is 6.38. The SMILES string of the molecule is CCOC(=O)C1CCN(C(=O)c2ccc(OC)c(NC(C)=O)c2)CC1. The van der Waals surface area contributed by atoms with E-state index in [2.05, 4.69) is 5.32 Å². The number of piperidine rings is 1. The van der Waals surface area contributed by atoms with Crippen LogP contribution in [0.2, 0.25) is 0 Å². The van der Waals surface area contributed by atoms with Gasteiger partial charge in [0.1, 0.15) is 5.75 Å². The summed E-state index contributed by atoms with van der Waals surface area (Å²) in [4.78, 5) is 37.5. The molecule has 1 N–H and O–H groups in total. The predicted octanol–water partition coefficient (Wildman–Crippen LogP) is 2.07. The molecule has 7 nitrogen and oxygen atoms in total. The molecule has 136 valence electrons. The highest BCUT2D eigenvalue weighted by atomic mass is 16.5. The van der Waals surface area contributed by atoms with E-state index in [0.29, 0.717) is 49.5 Å². The summed E-state index contributed by atoms with van der Waals surface area (Å²) in [5, 5.41) is 2.66. The third-order valence-electron chi connectivity index (χ3n) is 4.16. The summed E-state index contributed by atoms with van der Waals surface area (Å²) < 4.78 is 10.2. The van der Waals surface area contributed by atoms with Crippen molar-refractivity contribution in [2.45, 2.75) is 26.7 Å². The molecule has 0 bridgehead atoms. The van der Waals surface area contributed by atoms with Gasteiger partial charge in [-0.3, -0.25) is 14.4 Å². The molecule has 0 aromatic heterocycles. The Morgan fingerprint density at radius 1 is 1.24 bits per heavy atom. The fraction of sp³-hybridized carbons (Fsp3) is 0.500. The van der Waals surface area contributed by atoms with E-state index in [1.54, 1.807) is 30.0 Å². The summed E-state index contributed by atoms with van der Waals surface area (Å²) in [7, 11) is 1.50. The van der Waals surface area contributed by atoms with Crippen LogP contribution >= 0.6 is 0 Å². The molecule has 0 unspecified atom stereocenters. The smallest absolute Gasteiger partial charge is 0.309 e. The highest BCUT2D eigenvalue weighted by molar-refractivity contribution is 5.98. The zero-order valence-electron chi connectivity index (χ0n) is 14.8. The van der Waals surface area contributed by atoms with Crippen molar-refractivity contribution in [3.05, 3.63) is 23.8 Å². The van der Waals surface area contributed by atoms with Crippen LogP contribution in [0.3, 0.4) is 0 Å². The Balaban J connectivity index is 2.06. The van der Waals surface area contributed by atoms with Crippen molar-refractivity contribution in [3.63, 3.8) is 0 Å². The number of benzene rings is 1. The molecule has 1 aliphatic rings. The van der Waals surface area contributed by atoms with Crippen LogP contribution in [-0.2, 0) is 14.3 Å². The monoisotopic (exact) mass is 348 g/mol. The summed E-state index contributed by atoms with van der Waals surface area (Å²) in [6, 6.07) is 4.94. The van der Waals surface area contributed by atoms with Gasteiger partial charge >= 0.3 is 5.97 Å². The van der Waals surface area contributed by atoms with Gasteiger partial charge in [0.15, 0.2) is 0 Å². The Morgan fingerprint density at radius 3 is 2.48 bits per heavy atom. The topological polar surface area (TPSA) is 84.9 Å². The summed E-state index contributed by atoms with van der Waals surface area (Å²) >= 11 is 0. The van der Waals surface area contributed by atoms with Gasteiger partial charge in [-0.15, -0.1) is 0 Å². The van der Waals surface area contributed by atoms with Gasteiger partial charge in [0.05, 0.1) is 25.3 Å². The molecule has 1 aromatic rings. The summed E-state index contributed by atoms with van der Waals surface area (Å²) in [5.41, 5.74) is 0.932. The molecular weight excluding hydrogens is 324 g/mol. The average Bonchev–Trinajstić information content (AvgIpc) is 2.61. The van der Waals surface area contributed by atoms with Crippen molar-refractivity contribution >= 4 is 23.5 Å². The van der Waals surface area contributed by atoms with E-state index in [9.17, 15) is 14.4 Å². The number of hydrogen-bond donors (Lipinski definition) is 1. The third-order valence-corrected chi connectivity index (χ3v) is 4.16. The standard InChI is InChI=1S/C18H24N2O5/c1-4-25-18(23)13-7-9-20(10-8-13)17(22)14-5-6-16(24-3)15(11-14)19-12(2)21/h5-6,11,13H,4,7-10H2,1-3H3,(H,19,21). The van der Waals surface area contributed by atoms with Gasteiger partial charge in [0.25, 0.3) is 5.91 Å². The molecule has 0 spiro atoms. The number of anilines is 1.